The fraction of sp³-hybridized carbons (Fsp3) is 0.636. The summed E-state index contributed by atoms with van der Waals surface area (Å²) >= 11 is 0. The molecule has 0 saturated carbocycles. The molecule has 1 N–H and O–H groups in total. The van der Waals surface area contributed by atoms with Crippen LogP contribution < -0.4 is 15.6 Å². The summed E-state index contributed by atoms with van der Waals surface area (Å²) in [7, 11) is 1.70. The molecule has 1 aliphatic rings. The van der Waals surface area contributed by atoms with Crippen LogP contribution in [0.3, 0.4) is 0 Å². The van der Waals surface area contributed by atoms with Gasteiger partial charge in [-0.1, -0.05) is 0 Å². The molecule has 0 radical (unpaired) electrons. The van der Waals surface area contributed by atoms with E-state index in [1.54, 1.807) is 19.4 Å². The predicted molar refractivity (Wildman–Crippen MR) is 60.6 cm³/mol. The molecule has 0 aliphatic carbocycles. The maximum absolute atomic E-state index is 11.6. The van der Waals surface area contributed by atoms with Crippen molar-refractivity contribution in [2.75, 3.05) is 19.7 Å². The summed E-state index contributed by atoms with van der Waals surface area (Å²) in [6.45, 7) is 2.66. The Kier molecular flexibility index (Phi) is 3.56. The molecule has 0 spiro atoms. The van der Waals surface area contributed by atoms with Crippen molar-refractivity contribution in [3.63, 3.8) is 0 Å². The number of hydrogen-bond acceptors (Lipinski definition) is 4. The molecule has 1 saturated heterocycles. The van der Waals surface area contributed by atoms with Crippen LogP contribution in [-0.2, 0) is 7.05 Å². The highest BCUT2D eigenvalue weighted by molar-refractivity contribution is 5.03. The molecule has 88 valence electrons. The average molecular weight is 223 g/mol. The van der Waals surface area contributed by atoms with Crippen LogP contribution >= 0.6 is 0 Å². The van der Waals surface area contributed by atoms with E-state index >= 15 is 0 Å². The topological polar surface area (TPSA) is 56.1 Å². The molecule has 0 aromatic carbocycles. The van der Waals surface area contributed by atoms with Gasteiger partial charge in [-0.3, -0.25) is 4.79 Å². The summed E-state index contributed by atoms with van der Waals surface area (Å²) < 4.78 is 6.96. The Morgan fingerprint density at radius 2 is 2.31 bits per heavy atom. The number of rotatable bonds is 3. The summed E-state index contributed by atoms with van der Waals surface area (Å²) in [5.41, 5.74) is -0.170. The normalized spacial score (nSPS) is 17.3. The van der Waals surface area contributed by atoms with Gasteiger partial charge in [-0.15, -0.1) is 0 Å². The fourth-order valence-electron chi connectivity index (χ4n) is 1.82. The predicted octanol–water partition coefficient (Wildman–Crippen LogP) is 0.159. The number of ether oxygens (including phenoxy) is 1. The van der Waals surface area contributed by atoms with E-state index in [2.05, 4.69) is 10.3 Å². The van der Waals surface area contributed by atoms with Gasteiger partial charge in [0.05, 0.1) is 6.61 Å². The summed E-state index contributed by atoms with van der Waals surface area (Å²) in [4.78, 5) is 15.6. The quantitative estimate of drug-likeness (QED) is 0.793. The Hall–Kier alpha value is -1.36. The number of aryl methyl sites for hydroxylation is 1. The molecule has 0 atom stereocenters. The smallest absolute Gasteiger partial charge is 0.313 e. The van der Waals surface area contributed by atoms with Crippen molar-refractivity contribution in [3.8, 4) is 5.88 Å². The molecule has 1 aromatic rings. The van der Waals surface area contributed by atoms with Gasteiger partial charge in [0.1, 0.15) is 0 Å². The van der Waals surface area contributed by atoms with Crippen LogP contribution in [-0.4, -0.2) is 29.2 Å². The van der Waals surface area contributed by atoms with E-state index in [-0.39, 0.29) is 11.4 Å². The molecule has 0 bridgehead atoms. The number of nitrogens with zero attached hydrogens (tertiary/aromatic N) is 2. The minimum Gasteiger partial charge on any atom is -0.473 e. The van der Waals surface area contributed by atoms with Crippen LogP contribution in [0, 0.1) is 5.92 Å². The van der Waals surface area contributed by atoms with Crippen molar-refractivity contribution < 1.29 is 4.74 Å². The summed E-state index contributed by atoms with van der Waals surface area (Å²) in [5, 5.41) is 3.30. The first-order valence-electron chi connectivity index (χ1n) is 5.62. The zero-order valence-corrected chi connectivity index (χ0v) is 9.48. The summed E-state index contributed by atoms with van der Waals surface area (Å²) in [6.07, 6.45) is 5.42. The van der Waals surface area contributed by atoms with E-state index in [1.165, 1.54) is 4.57 Å². The molecule has 1 fully saturated rings. The lowest BCUT2D eigenvalue weighted by atomic mass is 9.99. The van der Waals surface area contributed by atoms with Crippen molar-refractivity contribution in [1.82, 2.24) is 14.9 Å². The van der Waals surface area contributed by atoms with Gasteiger partial charge in [0.2, 0.25) is 0 Å². The van der Waals surface area contributed by atoms with Gasteiger partial charge in [0.15, 0.2) is 0 Å². The molecule has 5 nitrogen and oxygen atoms in total. The van der Waals surface area contributed by atoms with E-state index < -0.39 is 0 Å². The third-order valence-corrected chi connectivity index (χ3v) is 2.90. The van der Waals surface area contributed by atoms with Crippen molar-refractivity contribution >= 4 is 0 Å². The van der Waals surface area contributed by atoms with Crippen LogP contribution in [0.5, 0.6) is 5.88 Å². The third-order valence-electron chi connectivity index (χ3n) is 2.90. The van der Waals surface area contributed by atoms with Gasteiger partial charge in [-0.05, 0) is 31.8 Å². The highest BCUT2D eigenvalue weighted by atomic mass is 16.5. The SMILES string of the molecule is Cn1ccnc(OCC2CCNCC2)c1=O. The molecular weight excluding hydrogens is 206 g/mol. The molecule has 0 amide bonds. The van der Waals surface area contributed by atoms with Gasteiger partial charge in [0.25, 0.3) is 5.88 Å². The Morgan fingerprint density at radius 1 is 1.56 bits per heavy atom. The number of piperidine rings is 1. The highest BCUT2D eigenvalue weighted by Gasteiger charge is 2.14. The van der Waals surface area contributed by atoms with Crippen LogP contribution in [0.2, 0.25) is 0 Å². The minimum atomic E-state index is -0.170. The second kappa shape index (κ2) is 5.12. The maximum Gasteiger partial charge on any atom is 0.313 e. The lowest BCUT2D eigenvalue weighted by Gasteiger charge is -2.22. The van der Waals surface area contributed by atoms with E-state index in [9.17, 15) is 4.79 Å². The van der Waals surface area contributed by atoms with Crippen LogP contribution in [0.1, 0.15) is 12.8 Å². The van der Waals surface area contributed by atoms with Crippen LogP contribution in [0.4, 0.5) is 0 Å². The van der Waals surface area contributed by atoms with Crippen molar-refractivity contribution in [2.45, 2.75) is 12.8 Å². The first-order chi connectivity index (χ1) is 7.77. The highest BCUT2D eigenvalue weighted by Crippen LogP contribution is 2.12. The van der Waals surface area contributed by atoms with Gasteiger partial charge in [-0.2, -0.15) is 0 Å². The van der Waals surface area contributed by atoms with Crippen LogP contribution in [0.25, 0.3) is 0 Å². The second-order valence-corrected chi connectivity index (χ2v) is 4.15. The van der Waals surface area contributed by atoms with E-state index in [0.717, 1.165) is 25.9 Å². The molecule has 16 heavy (non-hydrogen) atoms. The van der Waals surface area contributed by atoms with E-state index in [1.807, 2.05) is 0 Å². The molecule has 5 heteroatoms. The molecule has 2 heterocycles. The van der Waals surface area contributed by atoms with Gasteiger partial charge in [-0.25, -0.2) is 4.98 Å². The number of aromatic nitrogens is 2. The summed E-state index contributed by atoms with van der Waals surface area (Å²) in [6, 6.07) is 0. The number of nitrogens with one attached hydrogen (secondary N) is 1. The lowest BCUT2D eigenvalue weighted by molar-refractivity contribution is 0.205. The Labute approximate surface area is 94.5 Å². The molecule has 2 rings (SSSR count). The third kappa shape index (κ3) is 2.61. The first kappa shape index (κ1) is 11.1. The van der Waals surface area contributed by atoms with Crippen molar-refractivity contribution in [2.24, 2.45) is 13.0 Å². The van der Waals surface area contributed by atoms with Crippen molar-refractivity contribution in [1.29, 1.82) is 0 Å². The van der Waals surface area contributed by atoms with E-state index in [0.29, 0.717) is 12.5 Å². The lowest BCUT2D eigenvalue weighted by Crippen LogP contribution is -2.31. The van der Waals surface area contributed by atoms with Gasteiger partial charge < -0.3 is 14.6 Å². The van der Waals surface area contributed by atoms with E-state index in [4.69, 9.17) is 4.74 Å². The van der Waals surface area contributed by atoms with Gasteiger partial charge in [0, 0.05) is 19.4 Å². The zero-order chi connectivity index (χ0) is 11.4. The monoisotopic (exact) mass is 223 g/mol. The fourth-order valence-corrected chi connectivity index (χ4v) is 1.82. The second-order valence-electron chi connectivity index (χ2n) is 4.15. The summed E-state index contributed by atoms with van der Waals surface area (Å²) in [5.74, 6) is 0.747. The zero-order valence-electron chi connectivity index (χ0n) is 9.48. The number of hydrogen-bond donors (Lipinski definition) is 1. The minimum absolute atomic E-state index is 0.170. The first-order valence-corrected chi connectivity index (χ1v) is 5.62. The Morgan fingerprint density at radius 3 is 3.06 bits per heavy atom. The van der Waals surface area contributed by atoms with Gasteiger partial charge >= 0.3 is 5.56 Å². The Bertz CT molecular complexity index is 396. The molecule has 1 aliphatic heterocycles. The Balaban J connectivity index is 1.94. The van der Waals surface area contributed by atoms with Crippen LogP contribution in [0.15, 0.2) is 17.2 Å². The maximum atomic E-state index is 11.6. The average Bonchev–Trinajstić information content (AvgIpc) is 2.32. The van der Waals surface area contributed by atoms with Crippen molar-refractivity contribution in [3.05, 3.63) is 22.7 Å². The molecular formula is C11H17N3O2. The molecule has 1 aromatic heterocycles. The molecule has 0 unspecified atom stereocenters. The standard InChI is InChI=1S/C11H17N3O2/c1-14-7-6-13-10(11(14)15)16-8-9-2-4-12-5-3-9/h6-7,9,12H,2-5,8H2,1H3. The largest absolute Gasteiger partial charge is 0.473 e.